The van der Waals surface area contributed by atoms with Gasteiger partial charge in [0.2, 0.25) is 0 Å². The summed E-state index contributed by atoms with van der Waals surface area (Å²) >= 11 is 0. The van der Waals surface area contributed by atoms with Crippen LogP contribution in [0.15, 0.2) is 24.3 Å². The second-order valence-electron chi connectivity index (χ2n) is 4.70. The monoisotopic (exact) mass is 222 g/mol. The maximum atomic E-state index is 9.72. The molecule has 1 aromatic rings. The van der Waals surface area contributed by atoms with E-state index in [1.165, 1.54) is 5.56 Å². The van der Waals surface area contributed by atoms with Gasteiger partial charge >= 0.3 is 0 Å². The summed E-state index contributed by atoms with van der Waals surface area (Å²) in [6.45, 7) is 6.18. The molecule has 1 N–H and O–H groups in total. The summed E-state index contributed by atoms with van der Waals surface area (Å²) in [6.07, 6.45) is 0.654. The number of benzene rings is 1. The molecule has 0 aromatic heterocycles. The van der Waals surface area contributed by atoms with Gasteiger partial charge in [-0.2, -0.15) is 0 Å². The predicted molar refractivity (Wildman–Crippen MR) is 66.7 cm³/mol. The first kappa shape index (κ1) is 13.0. The van der Waals surface area contributed by atoms with E-state index in [0.29, 0.717) is 11.8 Å². The highest BCUT2D eigenvalue weighted by molar-refractivity contribution is 5.27. The smallest absolute Gasteiger partial charge is 0.118 e. The van der Waals surface area contributed by atoms with Crippen molar-refractivity contribution in [2.75, 3.05) is 7.11 Å². The first-order valence-corrected chi connectivity index (χ1v) is 5.85. The van der Waals surface area contributed by atoms with Crippen molar-refractivity contribution in [3.8, 4) is 5.75 Å². The van der Waals surface area contributed by atoms with Crippen LogP contribution < -0.4 is 4.74 Å². The maximum Gasteiger partial charge on any atom is 0.118 e. The first-order valence-electron chi connectivity index (χ1n) is 5.85. The van der Waals surface area contributed by atoms with Crippen molar-refractivity contribution in [1.82, 2.24) is 0 Å². The van der Waals surface area contributed by atoms with E-state index < -0.39 is 0 Å². The van der Waals surface area contributed by atoms with E-state index >= 15 is 0 Å². The first-order chi connectivity index (χ1) is 7.54. The predicted octanol–water partition coefficient (Wildman–Crippen LogP) is 2.89. The lowest BCUT2D eigenvalue weighted by atomic mass is 9.85. The Morgan fingerprint density at radius 2 is 1.69 bits per heavy atom. The average molecular weight is 222 g/mol. The highest BCUT2D eigenvalue weighted by Crippen LogP contribution is 2.22. The van der Waals surface area contributed by atoms with Crippen molar-refractivity contribution in [3.63, 3.8) is 0 Å². The van der Waals surface area contributed by atoms with Crippen LogP contribution >= 0.6 is 0 Å². The lowest BCUT2D eigenvalue weighted by molar-refractivity contribution is 0.0977. The number of rotatable bonds is 5. The second-order valence-corrected chi connectivity index (χ2v) is 4.70. The van der Waals surface area contributed by atoms with Gasteiger partial charge in [-0.05, 0) is 42.9 Å². The zero-order chi connectivity index (χ0) is 12.1. The summed E-state index contributed by atoms with van der Waals surface area (Å²) in [5, 5.41) is 9.72. The van der Waals surface area contributed by atoms with E-state index in [9.17, 15) is 5.11 Å². The summed E-state index contributed by atoms with van der Waals surface area (Å²) in [6, 6.07) is 8.07. The van der Waals surface area contributed by atoms with Gasteiger partial charge in [0.1, 0.15) is 5.75 Å². The fourth-order valence-corrected chi connectivity index (χ4v) is 2.00. The topological polar surface area (TPSA) is 29.5 Å². The number of methoxy groups -OCH3 is 1. The molecule has 16 heavy (non-hydrogen) atoms. The van der Waals surface area contributed by atoms with Gasteiger partial charge in [-0.15, -0.1) is 0 Å². The summed E-state index contributed by atoms with van der Waals surface area (Å²) in [4.78, 5) is 0. The van der Waals surface area contributed by atoms with Crippen LogP contribution in [-0.2, 0) is 6.42 Å². The van der Waals surface area contributed by atoms with Crippen LogP contribution in [0.1, 0.15) is 26.3 Å². The quantitative estimate of drug-likeness (QED) is 0.830. The molecular weight excluding hydrogens is 200 g/mol. The van der Waals surface area contributed by atoms with Crippen LogP contribution in [0.5, 0.6) is 5.75 Å². The van der Waals surface area contributed by atoms with Gasteiger partial charge in [-0.1, -0.05) is 26.0 Å². The SMILES string of the molecule is COc1ccc(CC(C(C)C)C(C)O)cc1. The van der Waals surface area contributed by atoms with E-state index in [0.717, 1.165) is 12.2 Å². The van der Waals surface area contributed by atoms with Gasteiger partial charge in [-0.25, -0.2) is 0 Å². The molecule has 2 heteroatoms. The molecule has 1 aromatic carbocycles. The summed E-state index contributed by atoms with van der Waals surface area (Å²) in [7, 11) is 1.67. The Balaban J connectivity index is 2.70. The minimum Gasteiger partial charge on any atom is -0.497 e. The van der Waals surface area contributed by atoms with Crippen molar-refractivity contribution in [2.45, 2.75) is 33.3 Å². The molecule has 0 radical (unpaired) electrons. The molecule has 0 fully saturated rings. The van der Waals surface area contributed by atoms with E-state index in [2.05, 4.69) is 26.0 Å². The van der Waals surface area contributed by atoms with Crippen LogP contribution in [0.4, 0.5) is 0 Å². The molecule has 0 spiro atoms. The Morgan fingerprint density at radius 3 is 2.06 bits per heavy atom. The largest absolute Gasteiger partial charge is 0.497 e. The van der Waals surface area contributed by atoms with Gasteiger partial charge < -0.3 is 9.84 Å². The molecule has 2 nitrogen and oxygen atoms in total. The minimum absolute atomic E-state index is 0.262. The van der Waals surface area contributed by atoms with Crippen molar-refractivity contribution in [2.24, 2.45) is 11.8 Å². The Hall–Kier alpha value is -1.02. The van der Waals surface area contributed by atoms with Crippen LogP contribution in [0, 0.1) is 11.8 Å². The lowest BCUT2D eigenvalue weighted by Crippen LogP contribution is -2.24. The summed E-state index contributed by atoms with van der Waals surface area (Å²) in [5.74, 6) is 1.68. The van der Waals surface area contributed by atoms with E-state index in [1.54, 1.807) is 7.11 Å². The molecule has 0 heterocycles. The number of aliphatic hydroxyl groups excluding tert-OH is 1. The van der Waals surface area contributed by atoms with Crippen LogP contribution in [0.25, 0.3) is 0 Å². The van der Waals surface area contributed by atoms with Crippen LogP contribution in [-0.4, -0.2) is 18.3 Å². The number of ether oxygens (including phenoxy) is 1. The molecule has 0 amide bonds. The van der Waals surface area contributed by atoms with Crippen molar-refractivity contribution in [1.29, 1.82) is 0 Å². The molecular formula is C14H22O2. The Bertz CT molecular complexity index is 293. The number of hydrogen-bond donors (Lipinski definition) is 1. The average Bonchev–Trinajstić information content (AvgIpc) is 2.25. The molecule has 0 saturated carbocycles. The Morgan fingerprint density at radius 1 is 1.12 bits per heavy atom. The van der Waals surface area contributed by atoms with Crippen LogP contribution in [0.3, 0.4) is 0 Å². The third-order valence-corrected chi connectivity index (χ3v) is 3.11. The minimum atomic E-state index is -0.262. The van der Waals surface area contributed by atoms with Gasteiger partial charge in [-0.3, -0.25) is 0 Å². The molecule has 90 valence electrons. The zero-order valence-corrected chi connectivity index (χ0v) is 10.6. The van der Waals surface area contributed by atoms with E-state index in [-0.39, 0.29) is 6.10 Å². The number of aliphatic hydroxyl groups is 1. The van der Waals surface area contributed by atoms with E-state index in [4.69, 9.17) is 4.74 Å². The van der Waals surface area contributed by atoms with Crippen LogP contribution in [0.2, 0.25) is 0 Å². The normalized spacial score (nSPS) is 14.9. The molecule has 0 saturated heterocycles. The summed E-state index contributed by atoms with van der Waals surface area (Å²) < 4.78 is 5.12. The standard InChI is InChI=1S/C14H22O2/c1-10(2)14(11(3)15)9-12-5-7-13(16-4)8-6-12/h5-8,10-11,14-15H,9H2,1-4H3. The molecule has 0 aliphatic heterocycles. The molecule has 2 unspecified atom stereocenters. The van der Waals surface area contributed by atoms with Crippen molar-refractivity contribution < 1.29 is 9.84 Å². The van der Waals surface area contributed by atoms with Gasteiger partial charge in [0.25, 0.3) is 0 Å². The lowest BCUT2D eigenvalue weighted by Gasteiger charge is -2.23. The Kier molecular flexibility index (Phi) is 4.81. The third kappa shape index (κ3) is 3.53. The summed E-state index contributed by atoms with van der Waals surface area (Å²) in [5.41, 5.74) is 1.25. The highest BCUT2D eigenvalue weighted by Gasteiger charge is 2.19. The third-order valence-electron chi connectivity index (χ3n) is 3.11. The highest BCUT2D eigenvalue weighted by atomic mass is 16.5. The van der Waals surface area contributed by atoms with E-state index in [1.807, 2.05) is 19.1 Å². The number of hydrogen-bond acceptors (Lipinski definition) is 2. The zero-order valence-electron chi connectivity index (χ0n) is 10.6. The van der Waals surface area contributed by atoms with Crippen molar-refractivity contribution in [3.05, 3.63) is 29.8 Å². The Labute approximate surface area is 98.3 Å². The molecule has 2 atom stereocenters. The van der Waals surface area contributed by atoms with Gasteiger partial charge in [0.05, 0.1) is 13.2 Å². The fourth-order valence-electron chi connectivity index (χ4n) is 2.00. The maximum absolute atomic E-state index is 9.72. The second kappa shape index (κ2) is 5.90. The molecule has 1 rings (SSSR count). The molecule has 0 aliphatic carbocycles. The molecule has 0 bridgehead atoms. The van der Waals surface area contributed by atoms with Gasteiger partial charge in [0, 0.05) is 0 Å². The molecule has 0 aliphatic rings. The fraction of sp³-hybridized carbons (Fsp3) is 0.571. The van der Waals surface area contributed by atoms with Gasteiger partial charge in [0.15, 0.2) is 0 Å². The van der Waals surface area contributed by atoms with Crippen molar-refractivity contribution >= 4 is 0 Å².